The molecule has 1 amide bonds. The number of carbonyl (C=O) groups is 1. The SMILES string of the molecule is COc1ccccc1[C@H]1CC(c2ccccc2NS(C)(=O)=O)=NN1C(=O)C(C)C. The predicted octanol–water partition coefficient (Wildman–Crippen LogP) is 3.40. The number of methoxy groups -OCH3 is 1. The van der Waals surface area contributed by atoms with Crippen LogP contribution in [-0.4, -0.2) is 38.4 Å². The lowest BCUT2D eigenvalue weighted by Crippen LogP contribution is -2.30. The van der Waals surface area contributed by atoms with Gasteiger partial charge in [-0.25, -0.2) is 13.4 Å². The number of sulfonamides is 1. The van der Waals surface area contributed by atoms with Crippen molar-refractivity contribution in [2.24, 2.45) is 11.0 Å². The predicted molar refractivity (Wildman–Crippen MR) is 113 cm³/mol. The van der Waals surface area contributed by atoms with Crippen molar-refractivity contribution in [1.29, 1.82) is 0 Å². The summed E-state index contributed by atoms with van der Waals surface area (Å²) in [6.07, 6.45) is 1.55. The third kappa shape index (κ3) is 4.59. The molecule has 0 saturated heterocycles. The Balaban J connectivity index is 2.06. The van der Waals surface area contributed by atoms with Crippen LogP contribution in [0.2, 0.25) is 0 Å². The second-order valence-electron chi connectivity index (χ2n) is 7.27. The van der Waals surface area contributed by atoms with Gasteiger partial charge < -0.3 is 4.74 Å². The number of carbonyl (C=O) groups excluding carboxylic acids is 1. The van der Waals surface area contributed by atoms with Crippen molar-refractivity contribution in [3.63, 3.8) is 0 Å². The molecule has 0 bridgehead atoms. The molecule has 0 aliphatic carbocycles. The number of hydrogen-bond acceptors (Lipinski definition) is 5. The van der Waals surface area contributed by atoms with Crippen molar-refractivity contribution < 1.29 is 17.9 Å². The van der Waals surface area contributed by atoms with Crippen molar-refractivity contribution in [2.45, 2.75) is 26.3 Å². The van der Waals surface area contributed by atoms with Crippen LogP contribution in [0.4, 0.5) is 5.69 Å². The zero-order valence-corrected chi connectivity index (χ0v) is 17.7. The van der Waals surface area contributed by atoms with Crippen molar-refractivity contribution in [2.75, 3.05) is 18.1 Å². The van der Waals surface area contributed by atoms with Crippen LogP contribution in [0.3, 0.4) is 0 Å². The lowest BCUT2D eigenvalue weighted by molar-refractivity contribution is -0.136. The minimum Gasteiger partial charge on any atom is -0.496 e. The first-order valence-corrected chi connectivity index (χ1v) is 11.2. The fourth-order valence-electron chi connectivity index (χ4n) is 3.35. The van der Waals surface area contributed by atoms with Crippen molar-refractivity contribution >= 4 is 27.3 Å². The van der Waals surface area contributed by atoms with E-state index in [0.717, 1.165) is 11.8 Å². The van der Waals surface area contributed by atoms with E-state index in [1.54, 1.807) is 25.3 Å². The Labute approximate surface area is 171 Å². The molecule has 0 spiro atoms. The molecule has 8 heteroatoms. The number of hydrogen-bond donors (Lipinski definition) is 1. The molecule has 7 nitrogen and oxygen atoms in total. The van der Waals surface area contributed by atoms with Crippen LogP contribution < -0.4 is 9.46 Å². The average molecular weight is 416 g/mol. The van der Waals surface area contributed by atoms with Gasteiger partial charge in [-0.3, -0.25) is 9.52 Å². The molecule has 0 saturated carbocycles. The van der Waals surface area contributed by atoms with Crippen molar-refractivity contribution in [3.8, 4) is 5.75 Å². The molecule has 2 aromatic carbocycles. The molecule has 1 aliphatic heterocycles. The summed E-state index contributed by atoms with van der Waals surface area (Å²) in [4.78, 5) is 12.9. The number of para-hydroxylation sites is 2. The Morgan fingerprint density at radius 2 is 1.83 bits per heavy atom. The van der Waals surface area contributed by atoms with E-state index in [4.69, 9.17) is 4.74 Å². The molecular formula is C21H25N3O4S. The quantitative estimate of drug-likeness (QED) is 0.783. The second-order valence-corrected chi connectivity index (χ2v) is 9.01. The van der Waals surface area contributed by atoms with Crippen LogP contribution in [0.5, 0.6) is 5.75 Å². The van der Waals surface area contributed by atoms with E-state index in [2.05, 4.69) is 9.82 Å². The van der Waals surface area contributed by atoms with E-state index >= 15 is 0 Å². The molecule has 2 aromatic rings. The summed E-state index contributed by atoms with van der Waals surface area (Å²) < 4.78 is 31.6. The molecule has 0 radical (unpaired) electrons. The Morgan fingerprint density at radius 1 is 1.17 bits per heavy atom. The molecule has 1 atom stereocenters. The molecule has 1 heterocycles. The fourth-order valence-corrected chi connectivity index (χ4v) is 3.93. The van der Waals surface area contributed by atoms with Crippen molar-refractivity contribution in [3.05, 3.63) is 59.7 Å². The number of ether oxygens (including phenoxy) is 1. The molecule has 0 fully saturated rings. The van der Waals surface area contributed by atoms with E-state index in [1.807, 2.05) is 44.2 Å². The van der Waals surface area contributed by atoms with Crippen LogP contribution in [0.15, 0.2) is 53.6 Å². The Kier molecular flexibility index (Phi) is 5.93. The molecule has 0 unspecified atom stereocenters. The maximum Gasteiger partial charge on any atom is 0.245 e. The minimum atomic E-state index is -3.45. The normalized spacial score (nSPS) is 16.7. The third-order valence-electron chi connectivity index (χ3n) is 4.66. The fraction of sp³-hybridized carbons (Fsp3) is 0.333. The first-order valence-electron chi connectivity index (χ1n) is 9.32. The summed E-state index contributed by atoms with van der Waals surface area (Å²) in [7, 11) is -1.86. The Morgan fingerprint density at radius 3 is 2.48 bits per heavy atom. The smallest absolute Gasteiger partial charge is 0.245 e. The first-order chi connectivity index (χ1) is 13.7. The van der Waals surface area contributed by atoms with Gasteiger partial charge in [-0.2, -0.15) is 5.10 Å². The summed E-state index contributed by atoms with van der Waals surface area (Å²) in [6.45, 7) is 3.66. The van der Waals surface area contributed by atoms with Crippen LogP contribution in [-0.2, 0) is 14.8 Å². The van der Waals surface area contributed by atoms with Gasteiger partial charge in [0, 0.05) is 23.5 Å². The molecule has 29 heavy (non-hydrogen) atoms. The number of amides is 1. The zero-order chi connectivity index (χ0) is 21.2. The Hall–Kier alpha value is -2.87. The van der Waals surface area contributed by atoms with E-state index < -0.39 is 10.0 Å². The standard InChI is InChI=1S/C21H25N3O4S/c1-14(2)21(25)24-19(16-10-6-8-12-20(16)28-3)13-18(22-24)15-9-5-7-11-17(15)23-29(4,26)27/h5-12,14,19,23H,13H2,1-4H3/t19-/m1/s1. The maximum absolute atomic E-state index is 12.9. The zero-order valence-electron chi connectivity index (χ0n) is 16.9. The highest BCUT2D eigenvalue weighted by Gasteiger charge is 2.36. The highest BCUT2D eigenvalue weighted by Crippen LogP contribution is 2.39. The molecule has 1 N–H and O–H groups in total. The molecular weight excluding hydrogens is 390 g/mol. The van der Waals surface area contributed by atoms with Gasteiger partial charge in [0.2, 0.25) is 15.9 Å². The maximum atomic E-state index is 12.9. The highest BCUT2D eigenvalue weighted by atomic mass is 32.2. The number of nitrogens with zero attached hydrogens (tertiary/aromatic N) is 2. The summed E-state index contributed by atoms with van der Waals surface area (Å²) in [5, 5.41) is 6.11. The topological polar surface area (TPSA) is 88.1 Å². The van der Waals surface area contributed by atoms with Crippen LogP contribution in [0, 0.1) is 5.92 Å². The summed E-state index contributed by atoms with van der Waals surface area (Å²) in [6, 6.07) is 14.3. The van der Waals surface area contributed by atoms with Gasteiger partial charge in [-0.15, -0.1) is 0 Å². The molecule has 0 aromatic heterocycles. The Bertz CT molecular complexity index is 1050. The summed E-state index contributed by atoms with van der Waals surface area (Å²) in [5.74, 6) is 0.335. The van der Waals surface area contributed by atoms with Crippen molar-refractivity contribution in [1.82, 2.24) is 5.01 Å². The number of hydrazone groups is 1. The van der Waals surface area contributed by atoms with Gasteiger partial charge in [0.25, 0.3) is 0 Å². The molecule has 1 aliphatic rings. The monoisotopic (exact) mass is 415 g/mol. The van der Waals surface area contributed by atoms with Gasteiger partial charge in [-0.1, -0.05) is 50.2 Å². The molecule has 3 rings (SSSR count). The largest absolute Gasteiger partial charge is 0.496 e. The van der Waals surface area contributed by atoms with E-state index in [1.165, 1.54) is 5.01 Å². The van der Waals surface area contributed by atoms with Crippen LogP contribution in [0.1, 0.15) is 37.4 Å². The number of nitrogens with one attached hydrogen (secondary N) is 1. The summed E-state index contributed by atoms with van der Waals surface area (Å²) in [5.41, 5.74) is 2.58. The average Bonchev–Trinajstić information content (AvgIpc) is 3.11. The highest BCUT2D eigenvalue weighted by molar-refractivity contribution is 7.92. The number of rotatable bonds is 6. The number of anilines is 1. The third-order valence-corrected chi connectivity index (χ3v) is 5.25. The van der Waals surface area contributed by atoms with E-state index in [-0.39, 0.29) is 17.9 Å². The minimum absolute atomic E-state index is 0.107. The van der Waals surface area contributed by atoms with Crippen LogP contribution in [0.25, 0.3) is 0 Å². The first kappa shape index (κ1) is 20.9. The van der Waals surface area contributed by atoms with E-state index in [0.29, 0.717) is 29.1 Å². The van der Waals surface area contributed by atoms with Gasteiger partial charge in [0.05, 0.1) is 30.8 Å². The molecule has 154 valence electrons. The van der Waals surface area contributed by atoms with Crippen LogP contribution >= 0.6 is 0 Å². The van der Waals surface area contributed by atoms with Gasteiger partial charge in [-0.05, 0) is 12.1 Å². The lowest BCUT2D eigenvalue weighted by Gasteiger charge is -2.25. The van der Waals surface area contributed by atoms with E-state index in [9.17, 15) is 13.2 Å². The van der Waals surface area contributed by atoms with Gasteiger partial charge >= 0.3 is 0 Å². The lowest BCUT2D eigenvalue weighted by atomic mass is 9.96. The van der Waals surface area contributed by atoms with Gasteiger partial charge in [0.15, 0.2) is 0 Å². The second kappa shape index (κ2) is 8.24. The van der Waals surface area contributed by atoms with Gasteiger partial charge in [0.1, 0.15) is 5.75 Å². The number of benzene rings is 2. The summed E-state index contributed by atoms with van der Waals surface area (Å²) >= 11 is 0.